The summed E-state index contributed by atoms with van der Waals surface area (Å²) in [6.07, 6.45) is 2.22. The van der Waals surface area contributed by atoms with Gasteiger partial charge in [0.2, 0.25) is 5.91 Å². The van der Waals surface area contributed by atoms with Crippen LogP contribution in [0.15, 0.2) is 48.5 Å². The number of urea groups is 1. The van der Waals surface area contributed by atoms with Crippen LogP contribution in [0.2, 0.25) is 10.0 Å². The lowest BCUT2D eigenvalue weighted by atomic mass is 9.92. The third-order valence-corrected chi connectivity index (χ3v) is 7.31. The van der Waals surface area contributed by atoms with Crippen molar-refractivity contribution in [2.24, 2.45) is 0 Å². The zero-order valence-corrected chi connectivity index (χ0v) is 23.6. The SMILES string of the molecule is COCC1CCCN1C(=O)Cc1cccc(-n2nc(C(C)(C)C)cc2NC(=O)Nc2cccc(Cl)c2Cl)c1. The van der Waals surface area contributed by atoms with Gasteiger partial charge < -0.3 is 15.0 Å². The normalized spacial score (nSPS) is 15.5. The average Bonchev–Trinajstić information content (AvgIpc) is 3.50. The van der Waals surface area contributed by atoms with Crippen molar-refractivity contribution in [2.45, 2.75) is 51.5 Å². The van der Waals surface area contributed by atoms with Gasteiger partial charge in [0.1, 0.15) is 5.82 Å². The van der Waals surface area contributed by atoms with Crippen molar-refractivity contribution >= 4 is 46.6 Å². The maximum Gasteiger partial charge on any atom is 0.324 e. The quantitative estimate of drug-likeness (QED) is 0.356. The summed E-state index contributed by atoms with van der Waals surface area (Å²) in [5.41, 5.74) is 2.54. The first-order chi connectivity index (χ1) is 18.1. The van der Waals surface area contributed by atoms with E-state index >= 15 is 0 Å². The highest BCUT2D eigenvalue weighted by Crippen LogP contribution is 2.30. The number of amides is 3. The molecule has 202 valence electrons. The number of halogens is 2. The molecule has 1 aliphatic rings. The standard InChI is InChI=1S/C28H33Cl2N5O3/c1-28(2,3)23-16-24(32-27(37)31-22-12-6-11-21(29)26(22)30)35(33-23)19-9-5-8-18(14-19)15-25(36)34-13-7-10-20(34)17-38-4/h5-6,8-9,11-12,14,16,20H,7,10,13,15,17H2,1-4H3,(H2,31,32,37). The van der Waals surface area contributed by atoms with E-state index in [0.29, 0.717) is 23.1 Å². The summed E-state index contributed by atoms with van der Waals surface area (Å²) >= 11 is 12.3. The highest BCUT2D eigenvalue weighted by atomic mass is 35.5. The predicted molar refractivity (Wildman–Crippen MR) is 152 cm³/mol. The Morgan fingerprint density at radius 1 is 1.11 bits per heavy atom. The molecule has 3 aromatic rings. The molecule has 0 saturated carbocycles. The van der Waals surface area contributed by atoms with Gasteiger partial charge in [-0.05, 0) is 42.7 Å². The molecule has 38 heavy (non-hydrogen) atoms. The highest BCUT2D eigenvalue weighted by molar-refractivity contribution is 6.44. The van der Waals surface area contributed by atoms with Crippen LogP contribution in [0.3, 0.4) is 0 Å². The largest absolute Gasteiger partial charge is 0.383 e. The summed E-state index contributed by atoms with van der Waals surface area (Å²) in [6.45, 7) is 7.46. The molecule has 1 aromatic heterocycles. The first kappa shape index (κ1) is 28.0. The summed E-state index contributed by atoms with van der Waals surface area (Å²) < 4.78 is 6.98. The van der Waals surface area contributed by atoms with Gasteiger partial charge in [-0.1, -0.05) is 62.2 Å². The van der Waals surface area contributed by atoms with Crippen LogP contribution in [0.4, 0.5) is 16.3 Å². The number of carbonyl (C=O) groups is 2. The number of benzene rings is 2. The second-order valence-electron chi connectivity index (χ2n) is 10.4. The monoisotopic (exact) mass is 557 g/mol. The minimum atomic E-state index is -0.486. The van der Waals surface area contributed by atoms with Gasteiger partial charge in [-0.3, -0.25) is 10.1 Å². The topological polar surface area (TPSA) is 88.5 Å². The van der Waals surface area contributed by atoms with Crippen molar-refractivity contribution in [3.8, 4) is 5.69 Å². The smallest absolute Gasteiger partial charge is 0.324 e. The zero-order chi connectivity index (χ0) is 27.4. The molecule has 2 N–H and O–H groups in total. The van der Waals surface area contributed by atoms with Crippen LogP contribution in [0.5, 0.6) is 0 Å². The number of methoxy groups -OCH3 is 1. The fourth-order valence-corrected chi connectivity index (χ4v) is 4.86. The van der Waals surface area contributed by atoms with Crippen LogP contribution in [0, 0.1) is 0 Å². The first-order valence-electron chi connectivity index (χ1n) is 12.6. The molecule has 1 aliphatic heterocycles. The molecule has 0 aliphatic carbocycles. The lowest BCUT2D eigenvalue weighted by Gasteiger charge is -2.24. The van der Waals surface area contributed by atoms with Gasteiger partial charge in [-0.15, -0.1) is 0 Å². The third kappa shape index (κ3) is 6.49. The molecule has 3 amide bonds. The number of nitrogens with zero attached hydrogens (tertiary/aromatic N) is 3. The molecule has 10 heteroatoms. The van der Waals surface area contributed by atoms with Crippen molar-refractivity contribution in [1.82, 2.24) is 14.7 Å². The number of nitrogens with one attached hydrogen (secondary N) is 2. The number of hydrogen-bond acceptors (Lipinski definition) is 4. The maximum atomic E-state index is 13.1. The Morgan fingerprint density at radius 3 is 2.61 bits per heavy atom. The summed E-state index contributed by atoms with van der Waals surface area (Å²) in [5, 5.41) is 11.0. The Labute approximate surface area is 233 Å². The van der Waals surface area contributed by atoms with Crippen LogP contribution < -0.4 is 10.6 Å². The molecule has 2 heterocycles. The Morgan fingerprint density at radius 2 is 1.87 bits per heavy atom. The molecular formula is C28H33Cl2N5O3. The summed E-state index contributed by atoms with van der Waals surface area (Å²) in [7, 11) is 1.66. The van der Waals surface area contributed by atoms with Gasteiger partial charge in [-0.25, -0.2) is 9.48 Å². The molecule has 1 unspecified atom stereocenters. The Hall–Kier alpha value is -3.07. The minimum absolute atomic E-state index is 0.0775. The molecular weight excluding hydrogens is 525 g/mol. The summed E-state index contributed by atoms with van der Waals surface area (Å²) in [4.78, 5) is 27.9. The molecule has 8 nitrogen and oxygen atoms in total. The number of anilines is 2. The van der Waals surface area contributed by atoms with Crippen LogP contribution >= 0.6 is 23.2 Å². The maximum absolute atomic E-state index is 13.1. The highest BCUT2D eigenvalue weighted by Gasteiger charge is 2.28. The van der Waals surface area contributed by atoms with E-state index < -0.39 is 6.03 Å². The Kier molecular flexibility index (Phi) is 8.65. The number of likely N-dealkylation sites (tertiary alicyclic amines) is 1. The van der Waals surface area contributed by atoms with Crippen molar-refractivity contribution in [2.75, 3.05) is 30.9 Å². The van der Waals surface area contributed by atoms with Gasteiger partial charge in [-0.2, -0.15) is 5.10 Å². The van der Waals surface area contributed by atoms with Crippen LogP contribution in [0.1, 0.15) is 44.9 Å². The predicted octanol–water partition coefficient (Wildman–Crippen LogP) is 6.30. The lowest BCUT2D eigenvalue weighted by Crippen LogP contribution is -2.39. The van der Waals surface area contributed by atoms with E-state index in [1.165, 1.54) is 0 Å². The third-order valence-electron chi connectivity index (χ3n) is 6.49. The van der Waals surface area contributed by atoms with E-state index in [9.17, 15) is 9.59 Å². The number of aromatic nitrogens is 2. The number of ether oxygens (including phenoxy) is 1. The average molecular weight is 559 g/mol. The van der Waals surface area contributed by atoms with Crippen LogP contribution in [-0.2, 0) is 21.4 Å². The van der Waals surface area contributed by atoms with Crippen molar-refractivity contribution in [3.63, 3.8) is 0 Å². The molecule has 4 rings (SSSR count). The summed E-state index contributed by atoms with van der Waals surface area (Å²) in [6, 6.07) is 14.2. The first-order valence-corrected chi connectivity index (χ1v) is 13.3. The molecule has 0 bridgehead atoms. The molecule has 1 saturated heterocycles. The van der Waals surface area contributed by atoms with Gasteiger partial charge in [0.25, 0.3) is 0 Å². The van der Waals surface area contributed by atoms with Gasteiger partial charge in [0.05, 0.1) is 46.2 Å². The fraction of sp³-hybridized carbons (Fsp3) is 0.393. The second-order valence-corrected chi connectivity index (χ2v) is 11.2. The Balaban J connectivity index is 1.58. The second kappa shape index (κ2) is 11.8. The van der Waals surface area contributed by atoms with Crippen LogP contribution in [0.25, 0.3) is 5.69 Å². The molecule has 0 spiro atoms. The van der Waals surface area contributed by atoms with Crippen molar-refractivity contribution < 1.29 is 14.3 Å². The molecule has 0 radical (unpaired) electrons. The zero-order valence-electron chi connectivity index (χ0n) is 22.1. The van der Waals surface area contributed by atoms with Crippen molar-refractivity contribution in [3.05, 3.63) is 69.8 Å². The van der Waals surface area contributed by atoms with E-state index in [4.69, 9.17) is 33.0 Å². The number of rotatable bonds is 7. The van der Waals surface area contributed by atoms with Gasteiger partial charge in [0.15, 0.2) is 0 Å². The van der Waals surface area contributed by atoms with Gasteiger partial charge >= 0.3 is 6.03 Å². The van der Waals surface area contributed by atoms with E-state index in [0.717, 1.165) is 36.3 Å². The van der Waals surface area contributed by atoms with Crippen LogP contribution in [-0.4, -0.2) is 52.9 Å². The van der Waals surface area contributed by atoms with E-state index in [1.54, 1.807) is 30.0 Å². The van der Waals surface area contributed by atoms with Crippen molar-refractivity contribution in [1.29, 1.82) is 0 Å². The van der Waals surface area contributed by atoms with E-state index in [2.05, 4.69) is 31.4 Å². The van der Waals surface area contributed by atoms with E-state index in [-0.39, 0.29) is 28.8 Å². The summed E-state index contributed by atoms with van der Waals surface area (Å²) in [5.74, 6) is 0.558. The van der Waals surface area contributed by atoms with E-state index in [1.807, 2.05) is 35.2 Å². The molecule has 1 atom stereocenters. The van der Waals surface area contributed by atoms with Gasteiger partial charge in [0, 0.05) is 25.1 Å². The molecule has 2 aromatic carbocycles. The molecule has 1 fully saturated rings. The lowest BCUT2D eigenvalue weighted by molar-refractivity contribution is -0.132. The minimum Gasteiger partial charge on any atom is -0.383 e. The Bertz CT molecular complexity index is 1320. The number of carbonyl (C=O) groups excluding carboxylic acids is 2. The number of hydrogen-bond donors (Lipinski definition) is 2. The fourth-order valence-electron chi connectivity index (χ4n) is 4.51.